The minimum absolute atomic E-state index is 0.0426. The third kappa shape index (κ3) is 6.53. The third-order valence-electron chi connectivity index (χ3n) is 2.61. The standard InChI is InChI=1S/C11H22N2O5S/c1-4-5-8-19(17,18)13(9(2)11(15)16)7-6-12-10(3)14/h9H,4-8H2,1-3H3,(H,12,14)(H,15,16). The summed E-state index contributed by atoms with van der Waals surface area (Å²) in [5, 5.41) is 11.4. The predicted molar refractivity (Wildman–Crippen MR) is 71.2 cm³/mol. The molecule has 0 radical (unpaired) electrons. The van der Waals surface area contributed by atoms with Gasteiger partial charge in [-0.2, -0.15) is 4.31 Å². The lowest BCUT2D eigenvalue weighted by molar-refractivity contribution is -0.140. The van der Waals surface area contributed by atoms with Gasteiger partial charge in [-0.25, -0.2) is 8.42 Å². The van der Waals surface area contributed by atoms with Gasteiger partial charge in [0.25, 0.3) is 0 Å². The summed E-state index contributed by atoms with van der Waals surface area (Å²) in [6, 6.07) is -1.14. The monoisotopic (exact) mass is 294 g/mol. The Morgan fingerprint density at radius 3 is 2.37 bits per heavy atom. The molecule has 7 nitrogen and oxygen atoms in total. The molecule has 8 heteroatoms. The number of aliphatic carboxylic acids is 1. The molecule has 0 aromatic heterocycles. The van der Waals surface area contributed by atoms with Gasteiger partial charge in [0.1, 0.15) is 6.04 Å². The van der Waals surface area contributed by atoms with E-state index >= 15 is 0 Å². The molecule has 0 aromatic rings. The van der Waals surface area contributed by atoms with Crippen LogP contribution in [0.3, 0.4) is 0 Å². The highest BCUT2D eigenvalue weighted by atomic mass is 32.2. The number of amides is 1. The number of hydrogen-bond acceptors (Lipinski definition) is 4. The number of carboxylic acids is 1. The van der Waals surface area contributed by atoms with Crippen LogP contribution in [0.5, 0.6) is 0 Å². The second kappa shape index (κ2) is 8.11. The first kappa shape index (κ1) is 17.8. The van der Waals surface area contributed by atoms with E-state index in [9.17, 15) is 18.0 Å². The number of carbonyl (C=O) groups excluding carboxylic acids is 1. The lowest BCUT2D eigenvalue weighted by Crippen LogP contribution is -2.47. The first-order valence-electron chi connectivity index (χ1n) is 6.19. The number of carbonyl (C=O) groups is 2. The number of sulfonamides is 1. The lowest BCUT2D eigenvalue weighted by Gasteiger charge is -2.25. The van der Waals surface area contributed by atoms with Crippen LogP contribution in [-0.2, 0) is 19.6 Å². The van der Waals surface area contributed by atoms with Gasteiger partial charge in [-0.3, -0.25) is 9.59 Å². The fourth-order valence-corrected chi connectivity index (χ4v) is 3.31. The molecule has 0 heterocycles. The average Bonchev–Trinajstić information content (AvgIpc) is 2.30. The number of unbranched alkanes of at least 4 members (excludes halogenated alkanes) is 1. The maximum Gasteiger partial charge on any atom is 0.321 e. The van der Waals surface area contributed by atoms with Crippen LogP contribution < -0.4 is 5.32 Å². The summed E-state index contributed by atoms with van der Waals surface area (Å²) in [7, 11) is -3.63. The molecule has 0 saturated heterocycles. The van der Waals surface area contributed by atoms with Gasteiger partial charge < -0.3 is 10.4 Å². The van der Waals surface area contributed by atoms with Gasteiger partial charge in [-0.1, -0.05) is 13.3 Å². The van der Waals surface area contributed by atoms with E-state index < -0.39 is 22.0 Å². The molecule has 0 aliphatic carbocycles. The summed E-state index contributed by atoms with van der Waals surface area (Å²) in [6.45, 7) is 4.55. The van der Waals surface area contributed by atoms with Gasteiger partial charge in [0.15, 0.2) is 0 Å². The largest absolute Gasteiger partial charge is 0.480 e. The fraction of sp³-hybridized carbons (Fsp3) is 0.818. The first-order valence-corrected chi connectivity index (χ1v) is 7.80. The zero-order valence-electron chi connectivity index (χ0n) is 11.5. The quantitative estimate of drug-likeness (QED) is 0.624. The fourth-order valence-electron chi connectivity index (χ4n) is 1.48. The molecule has 0 spiro atoms. The molecule has 1 unspecified atom stereocenters. The molecule has 1 atom stereocenters. The van der Waals surface area contributed by atoms with Crippen LogP contribution >= 0.6 is 0 Å². The molecule has 0 rings (SSSR count). The van der Waals surface area contributed by atoms with E-state index in [0.29, 0.717) is 12.8 Å². The highest BCUT2D eigenvalue weighted by molar-refractivity contribution is 7.89. The molecule has 0 aliphatic rings. The summed E-state index contributed by atoms with van der Waals surface area (Å²) >= 11 is 0. The van der Waals surface area contributed by atoms with E-state index in [0.717, 1.165) is 4.31 Å². The molecule has 1 amide bonds. The van der Waals surface area contributed by atoms with Crippen molar-refractivity contribution in [1.82, 2.24) is 9.62 Å². The van der Waals surface area contributed by atoms with Crippen molar-refractivity contribution in [3.05, 3.63) is 0 Å². The molecule has 19 heavy (non-hydrogen) atoms. The highest BCUT2D eigenvalue weighted by Crippen LogP contribution is 2.10. The number of hydrogen-bond donors (Lipinski definition) is 2. The Labute approximate surface area is 114 Å². The molecule has 0 fully saturated rings. The predicted octanol–water partition coefficient (Wildman–Crippen LogP) is 0.0275. The molecule has 0 aliphatic heterocycles. The number of rotatable bonds is 9. The minimum atomic E-state index is -3.63. The van der Waals surface area contributed by atoms with Crippen molar-refractivity contribution in [1.29, 1.82) is 0 Å². The smallest absolute Gasteiger partial charge is 0.321 e. The minimum Gasteiger partial charge on any atom is -0.480 e. The zero-order valence-corrected chi connectivity index (χ0v) is 12.4. The van der Waals surface area contributed by atoms with E-state index in [2.05, 4.69) is 5.32 Å². The summed E-state index contributed by atoms with van der Waals surface area (Å²) in [6.07, 6.45) is 1.19. The van der Waals surface area contributed by atoms with Gasteiger partial charge in [0.2, 0.25) is 15.9 Å². The normalized spacial score (nSPS) is 13.3. The van der Waals surface area contributed by atoms with Gasteiger partial charge in [-0.15, -0.1) is 0 Å². The Morgan fingerprint density at radius 2 is 1.95 bits per heavy atom. The second-order valence-electron chi connectivity index (χ2n) is 4.28. The van der Waals surface area contributed by atoms with Gasteiger partial charge >= 0.3 is 5.97 Å². The van der Waals surface area contributed by atoms with E-state index in [4.69, 9.17) is 5.11 Å². The van der Waals surface area contributed by atoms with Crippen molar-refractivity contribution in [2.45, 2.75) is 39.7 Å². The Balaban J connectivity index is 4.84. The van der Waals surface area contributed by atoms with Crippen LogP contribution in [0, 0.1) is 0 Å². The number of carboxylic acid groups (broad SMARTS) is 1. The molecule has 0 aromatic carbocycles. The van der Waals surface area contributed by atoms with E-state index in [-0.39, 0.29) is 24.7 Å². The number of nitrogens with zero attached hydrogens (tertiary/aromatic N) is 1. The van der Waals surface area contributed by atoms with Crippen LogP contribution in [0.4, 0.5) is 0 Å². The van der Waals surface area contributed by atoms with E-state index in [1.165, 1.54) is 13.8 Å². The van der Waals surface area contributed by atoms with Crippen LogP contribution in [0.25, 0.3) is 0 Å². The Bertz CT molecular complexity index is 407. The summed E-state index contributed by atoms with van der Waals surface area (Å²) in [5.41, 5.74) is 0. The van der Waals surface area contributed by atoms with E-state index in [1.54, 1.807) is 0 Å². The summed E-state index contributed by atoms with van der Waals surface area (Å²) in [4.78, 5) is 21.7. The van der Waals surface area contributed by atoms with Crippen molar-refractivity contribution < 1.29 is 23.1 Å². The van der Waals surface area contributed by atoms with Crippen LogP contribution in [0.2, 0.25) is 0 Å². The Kier molecular flexibility index (Phi) is 7.62. The van der Waals surface area contributed by atoms with Gasteiger partial charge in [0.05, 0.1) is 5.75 Å². The van der Waals surface area contributed by atoms with Crippen molar-refractivity contribution in [2.24, 2.45) is 0 Å². The average molecular weight is 294 g/mol. The van der Waals surface area contributed by atoms with Crippen molar-refractivity contribution >= 4 is 21.9 Å². The van der Waals surface area contributed by atoms with Crippen LogP contribution in [0.1, 0.15) is 33.6 Å². The first-order chi connectivity index (χ1) is 8.72. The van der Waals surface area contributed by atoms with Gasteiger partial charge in [0, 0.05) is 20.0 Å². The van der Waals surface area contributed by atoms with Crippen LogP contribution in [-0.4, -0.2) is 54.6 Å². The van der Waals surface area contributed by atoms with Crippen molar-refractivity contribution in [3.63, 3.8) is 0 Å². The SMILES string of the molecule is CCCCS(=O)(=O)N(CCNC(C)=O)C(C)C(=O)O. The molecule has 112 valence electrons. The second-order valence-corrected chi connectivity index (χ2v) is 6.32. The molecular weight excluding hydrogens is 272 g/mol. The van der Waals surface area contributed by atoms with Crippen molar-refractivity contribution in [3.8, 4) is 0 Å². The van der Waals surface area contributed by atoms with Gasteiger partial charge in [-0.05, 0) is 13.3 Å². The molecule has 2 N–H and O–H groups in total. The lowest BCUT2D eigenvalue weighted by atomic mass is 10.3. The highest BCUT2D eigenvalue weighted by Gasteiger charge is 2.30. The Hall–Kier alpha value is -1.15. The summed E-state index contributed by atoms with van der Waals surface area (Å²) in [5.74, 6) is -1.57. The third-order valence-corrected chi connectivity index (χ3v) is 4.63. The molecular formula is C11H22N2O5S. The van der Waals surface area contributed by atoms with Crippen molar-refractivity contribution in [2.75, 3.05) is 18.8 Å². The van der Waals surface area contributed by atoms with E-state index in [1.807, 2.05) is 6.92 Å². The zero-order chi connectivity index (χ0) is 15.1. The topological polar surface area (TPSA) is 104 Å². The number of nitrogens with one attached hydrogen (secondary N) is 1. The maximum absolute atomic E-state index is 12.1. The molecule has 0 bridgehead atoms. The summed E-state index contributed by atoms with van der Waals surface area (Å²) < 4.78 is 25.1. The maximum atomic E-state index is 12.1. The molecule has 0 saturated carbocycles. The van der Waals surface area contributed by atoms with Crippen LogP contribution in [0.15, 0.2) is 0 Å². The Morgan fingerprint density at radius 1 is 1.37 bits per heavy atom.